The fraction of sp³-hybridized carbons (Fsp3) is 0.524. The number of benzene rings is 1. The molecule has 9 heteroatoms. The topological polar surface area (TPSA) is 138 Å². The number of carbonyl (C=O) groups is 2. The van der Waals surface area contributed by atoms with Crippen LogP contribution in [0.1, 0.15) is 53.0 Å². The molecule has 2 amide bonds. The zero-order chi connectivity index (χ0) is 22.5. The number of rotatable bonds is 8. The van der Waals surface area contributed by atoms with Crippen molar-refractivity contribution in [3.8, 4) is 11.4 Å². The lowest BCUT2D eigenvalue weighted by molar-refractivity contribution is -0.147. The van der Waals surface area contributed by atoms with Crippen molar-refractivity contribution < 1.29 is 24.4 Å². The number of aromatic nitrogens is 2. The number of nitrogens with one attached hydrogen (secondary N) is 2. The van der Waals surface area contributed by atoms with Gasteiger partial charge in [0.2, 0.25) is 17.6 Å². The summed E-state index contributed by atoms with van der Waals surface area (Å²) in [5.74, 6) is -1.99. The summed E-state index contributed by atoms with van der Waals surface area (Å²) in [5.41, 5.74) is 1.68. The molecule has 0 radical (unpaired) electrons. The standard InChI is InChI=1S/C21H30N4O5/c1-12(2)11-14(15(26)19(28)24-29)18(27)22-16(21(3,4)5)20-23-17(25-30-20)13-9-7-6-8-10-13/h6-10,12,14-16,26,29H,11H2,1-5H3,(H,22,27)(H,24,28)/t14-,15-,16+/m0/s1. The van der Waals surface area contributed by atoms with E-state index in [0.29, 0.717) is 5.82 Å². The highest BCUT2D eigenvalue weighted by Crippen LogP contribution is 2.33. The Morgan fingerprint density at radius 1 is 1.13 bits per heavy atom. The average molecular weight is 418 g/mol. The molecule has 9 nitrogen and oxygen atoms in total. The van der Waals surface area contributed by atoms with E-state index < -0.39 is 35.3 Å². The van der Waals surface area contributed by atoms with E-state index >= 15 is 0 Å². The highest BCUT2D eigenvalue weighted by atomic mass is 16.5. The molecule has 30 heavy (non-hydrogen) atoms. The van der Waals surface area contributed by atoms with Crippen LogP contribution in [0.4, 0.5) is 0 Å². The summed E-state index contributed by atoms with van der Waals surface area (Å²) >= 11 is 0. The molecule has 0 fully saturated rings. The molecule has 0 aliphatic carbocycles. The lowest BCUT2D eigenvalue weighted by atomic mass is 9.85. The van der Waals surface area contributed by atoms with Crippen molar-refractivity contribution in [2.45, 2.75) is 53.2 Å². The van der Waals surface area contributed by atoms with Gasteiger partial charge in [-0.15, -0.1) is 0 Å². The maximum Gasteiger partial charge on any atom is 0.272 e. The Hall–Kier alpha value is -2.78. The lowest BCUT2D eigenvalue weighted by Gasteiger charge is -2.31. The number of aliphatic hydroxyl groups excluding tert-OH is 1. The van der Waals surface area contributed by atoms with Crippen LogP contribution >= 0.6 is 0 Å². The fourth-order valence-electron chi connectivity index (χ4n) is 3.09. The third-order valence-corrected chi connectivity index (χ3v) is 4.70. The minimum atomic E-state index is -1.69. The minimum Gasteiger partial charge on any atom is -0.382 e. The van der Waals surface area contributed by atoms with Gasteiger partial charge in [-0.05, 0) is 17.8 Å². The van der Waals surface area contributed by atoms with Crippen LogP contribution in [0.2, 0.25) is 0 Å². The molecule has 2 rings (SSSR count). The van der Waals surface area contributed by atoms with Gasteiger partial charge in [0, 0.05) is 5.56 Å². The van der Waals surface area contributed by atoms with Gasteiger partial charge in [-0.2, -0.15) is 4.98 Å². The molecular formula is C21H30N4O5. The van der Waals surface area contributed by atoms with Gasteiger partial charge in [0.1, 0.15) is 12.1 Å². The molecule has 2 aromatic rings. The van der Waals surface area contributed by atoms with Gasteiger partial charge in [-0.3, -0.25) is 14.8 Å². The zero-order valence-corrected chi connectivity index (χ0v) is 17.9. The van der Waals surface area contributed by atoms with E-state index in [4.69, 9.17) is 9.73 Å². The monoisotopic (exact) mass is 418 g/mol. The number of amides is 2. The maximum absolute atomic E-state index is 13.0. The second-order valence-corrected chi connectivity index (χ2v) is 8.79. The Balaban J connectivity index is 2.30. The second-order valence-electron chi connectivity index (χ2n) is 8.79. The van der Waals surface area contributed by atoms with Crippen LogP contribution in [0.15, 0.2) is 34.9 Å². The molecule has 0 spiro atoms. The number of hydrogen-bond acceptors (Lipinski definition) is 7. The third-order valence-electron chi connectivity index (χ3n) is 4.70. The van der Waals surface area contributed by atoms with Gasteiger partial charge < -0.3 is 14.9 Å². The van der Waals surface area contributed by atoms with Crippen molar-refractivity contribution in [1.82, 2.24) is 20.9 Å². The molecule has 3 atom stereocenters. The van der Waals surface area contributed by atoms with E-state index in [0.717, 1.165) is 5.56 Å². The minimum absolute atomic E-state index is 0.0306. The summed E-state index contributed by atoms with van der Waals surface area (Å²) < 4.78 is 5.44. The van der Waals surface area contributed by atoms with Crippen molar-refractivity contribution in [3.05, 3.63) is 36.2 Å². The van der Waals surface area contributed by atoms with Crippen LogP contribution in [-0.2, 0) is 9.59 Å². The highest BCUT2D eigenvalue weighted by molar-refractivity contribution is 5.88. The summed E-state index contributed by atoms with van der Waals surface area (Å²) in [5, 5.41) is 26.0. The molecular weight excluding hydrogens is 388 g/mol. The smallest absolute Gasteiger partial charge is 0.272 e. The van der Waals surface area contributed by atoms with Crippen molar-refractivity contribution in [2.24, 2.45) is 17.3 Å². The molecule has 164 valence electrons. The van der Waals surface area contributed by atoms with E-state index in [-0.39, 0.29) is 18.2 Å². The van der Waals surface area contributed by atoms with E-state index in [2.05, 4.69) is 15.5 Å². The normalized spacial score (nSPS) is 14.8. The predicted octanol–water partition coefficient (Wildman–Crippen LogP) is 2.47. The molecule has 4 N–H and O–H groups in total. The van der Waals surface area contributed by atoms with Gasteiger partial charge in [0.05, 0.1) is 5.92 Å². The average Bonchev–Trinajstić information content (AvgIpc) is 3.18. The van der Waals surface area contributed by atoms with Crippen molar-refractivity contribution in [3.63, 3.8) is 0 Å². The number of nitrogens with zero attached hydrogens (tertiary/aromatic N) is 2. The molecule has 0 saturated heterocycles. The molecule has 0 aliphatic heterocycles. The van der Waals surface area contributed by atoms with E-state index in [1.165, 1.54) is 5.48 Å². The van der Waals surface area contributed by atoms with Crippen molar-refractivity contribution >= 4 is 11.8 Å². The van der Waals surface area contributed by atoms with Crippen LogP contribution in [0, 0.1) is 17.3 Å². The third kappa shape index (κ3) is 5.87. The maximum atomic E-state index is 13.0. The first-order chi connectivity index (χ1) is 14.0. The zero-order valence-electron chi connectivity index (χ0n) is 17.9. The summed E-state index contributed by atoms with van der Waals surface area (Å²) in [6.07, 6.45) is -1.45. The second kappa shape index (κ2) is 9.82. The molecule has 1 aromatic heterocycles. The van der Waals surface area contributed by atoms with Gasteiger partial charge in [0.15, 0.2) is 0 Å². The highest BCUT2D eigenvalue weighted by Gasteiger charge is 2.38. The first-order valence-corrected chi connectivity index (χ1v) is 9.86. The number of aliphatic hydroxyl groups is 1. The summed E-state index contributed by atoms with van der Waals surface area (Å²) in [4.78, 5) is 29.2. The number of carbonyl (C=O) groups excluding carboxylic acids is 2. The van der Waals surface area contributed by atoms with Crippen LogP contribution in [0.3, 0.4) is 0 Å². The molecule has 1 heterocycles. The quantitative estimate of drug-likeness (QED) is 0.382. The SMILES string of the molecule is CC(C)C[C@H](C(=O)N[C@H](c1nc(-c2ccccc2)no1)C(C)(C)C)[C@H](O)C(=O)NO. The lowest BCUT2D eigenvalue weighted by Crippen LogP contribution is -2.48. The predicted molar refractivity (Wildman–Crippen MR) is 109 cm³/mol. The summed E-state index contributed by atoms with van der Waals surface area (Å²) in [6.45, 7) is 9.44. The van der Waals surface area contributed by atoms with Crippen molar-refractivity contribution in [1.29, 1.82) is 0 Å². The number of hydroxylamine groups is 1. The van der Waals surface area contributed by atoms with Gasteiger partial charge in [0.25, 0.3) is 5.91 Å². The Morgan fingerprint density at radius 3 is 2.30 bits per heavy atom. The molecule has 0 bridgehead atoms. The van der Waals surface area contributed by atoms with E-state index in [9.17, 15) is 14.7 Å². The Morgan fingerprint density at radius 2 is 1.77 bits per heavy atom. The van der Waals surface area contributed by atoms with Crippen LogP contribution < -0.4 is 10.8 Å². The fourth-order valence-corrected chi connectivity index (χ4v) is 3.09. The number of hydrogen-bond donors (Lipinski definition) is 4. The molecule has 1 aromatic carbocycles. The summed E-state index contributed by atoms with van der Waals surface area (Å²) in [7, 11) is 0. The van der Waals surface area contributed by atoms with Crippen molar-refractivity contribution in [2.75, 3.05) is 0 Å². The van der Waals surface area contributed by atoms with Crippen LogP contribution in [0.5, 0.6) is 0 Å². The first kappa shape index (κ1) is 23.5. The molecule has 0 saturated carbocycles. The summed E-state index contributed by atoms with van der Waals surface area (Å²) in [6, 6.07) is 8.64. The van der Waals surface area contributed by atoms with E-state index in [1.807, 2.05) is 65.0 Å². The van der Waals surface area contributed by atoms with E-state index in [1.54, 1.807) is 0 Å². The van der Waals surface area contributed by atoms with Crippen LogP contribution in [0.25, 0.3) is 11.4 Å². The Bertz CT molecular complexity index is 845. The first-order valence-electron chi connectivity index (χ1n) is 9.86. The largest absolute Gasteiger partial charge is 0.382 e. The Labute approximate surface area is 175 Å². The Kier molecular flexibility index (Phi) is 7.69. The molecule has 0 aliphatic rings. The van der Waals surface area contributed by atoms with Gasteiger partial charge in [-0.25, -0.2) is 5.48 Å². The van der Waals surface area contributed by atoms with Gasteiger partial charge >= 0.3 is 0 Å². The van der Waals surface area contributed by atoms with Crippen LogP contribution in [-0.4, -0.2) is 38.4 Å². The van der Waals surface area contributed by atoms with Gasteiger partial charge in [-0.1, -0.05) is 70.1 Å². The molecule has 0 unspecified atom stereocenters.